The molecule has 1 aromatic rings. The van der Waals surface area contributed by atoms with E-state index in [9.17, 15) is 8.42 Å². The van der Waals surface area contributed by atoms with E-state index in [1.807, 2.05) is 18.2 Å². The molecule has 2 heterocycles. The van der Waals surface area contributed by atoms with Crippen LogP contribution in [0.3, 0.4) is 0 Å². The van der Waals surface area contributed by atoms with Crippen LogP contribution in [0.15, 0.2) is 24.4 Å². The molecule has 0 spiro atoms. The molecule has 6 heteroatoms. The highest BCUT2D eigenvalue weighted by molar-refractivity contribution is 7.86. The summed E-state index contributed by atoms with van der Waals surface area (Å²) >= 11 is 0. The van der Waals surface area contributed by atoms with Gasteiger partial charge in [-0.3, -0.25) is 4.98 Å². The maximum Gasteiger partial charge on any atom is 0.282 e. The molecule has 0 N–H and O–H groups in total. The van der Waals surface area contributed by atoms with E-state index in [2.05, 4.69) is 4.98 Å². The van der Waals surface area contributed by atoms with E-state index in [1.165, 1.54) is 8.61 Å². The third-order valence-electron chi connectivity index (χ3n) is 2.24. The zero-order valence-electron chi connectivity index (χ0n) is 8.50. The first-order valence-electron chi connectivity index (χ1n) is 4.72. The zero-order chi connectivity index (χ0) is 10.9. The van der Waals surface area contributed by atoms with Gasteiger partial charge in [-0.1, -0.05) is 6.07 Å². The van der Waals surface area contributed by atoms with E-state index in [-0.39, 0.29) is 0 Å². The molecule has 5 nitrogen and oxygen atoms in total. The summed E-state index contributed by atoms with van der Waals surface area (Å²) in [6.07, 6.45) is 1.66. The highest BCUT2D eigenvalue weighted by atomic mass is 32.2. The lowest BCUT2D eigenvalue weighted by molar-refractivity contribution is 0.435. The molecule has 1 aliphatic rings. The molecule has 82 valence electrons. The summed E-state index contributed by atoms with van der Waals surface area (Å²) in [6, 6.07) is 5.47. The van der Waals surface area contributed by atoms with Crippen LogP contribution in [0.4, 0.5) is 0 Å². The second-order valence-corrected chi connectivity index (χ2v) is 5.52. The van der Waals surface area contributed by atoms with Crippen molar-refractivity contribution in [3.05, 3.63) is 30.1 Å². The van der Waals surface area contributed by atoms with Crippen LogP contribution in [-0.4, -0.2) is 42.1 Å². The Bertz CT molecular complexity index is 428. The largest absolute Gasteiger partial charge is 0.282 e. The Morgan fingerprint density at radius 3 is 2.73 bits per heavy atom. The Labute approximate surface area is 89.5 Å². The Kier molecular flexibility index (Phi) is 2.72. The van der Waals surface area contributed by atoms with Gasteiger partial charge in [0.2, 0.25) is 0 Å². The standard InChI is InChI=1S/C9H13N3O2S/c1-11(15(13,14)12-6-7-12)8-9-4-2-3-5-10-9/h2-5H,6-8H2,1H3. The van der Waals surface area contributed by atoms with Gasteiger partial charge in [0.05, 0.1) is 12.2 Å². The number of rotatable bonds is 4. The second kappa shape index (κ2) is 3.88. The molecule has 1 aromatic heterocycles. The van der Waals surface area contributed by atoms with Crippen LogP contribution in [0.1, 0.15) is 5.69 Å². The van der Waals surface area contributed by atoms with Gasteiger partial charge < -0.3 is 0 Å². The summed E-state index contributed by atoms with van der Waals surface area (Å²) in [5, 5.41) is 0. The van der Waals surface area contributed by atoms with Gasteiger partial charge in [-0.25, -0.2) is 0 Å². The van der Waals surface area contributed by atoms with Gasteiger partial charge in [0.25, 0.3) is 10.2 Å². The molecule has 0 bridgehead atoms. The van der Waals surface area contributed by atoms with E-state index in [1.54, 1.807) is 13.2 Å². The van der Waals surface area contributed by atoms with Crippen LogP contribution in [0.2, 0.25) is 0 Å². The second-order valence-electron chi connectivity index (χ2n) is 3.48. The fourth-order valence-corrected chi connectivity index (χ4v) is 2.50. The molecule has 1 saturated heterocycles. The minimum Gasteiger partial charge on any atom is -0.260 e. The first-order valence-corrected chi connectivity index (χ1v) is 6.12. The van der Waals surface area contributed by atoms with Gasteiger partial charge in [0.15, 0.2) is 0 Å². The molecule has 1 aliphatic heterocycles. The lowest BCUT2D eigenvalue weighted by atomic mass is 10.3. The summed E-state index contributed by atoms with van der Waals surface area (Å²) in [4.78, 5) is 4.09. The van der Waals surface area contributed by atoms with Crippen molar-refractivity contribution < 1.29 is 8.42 Å². The normalized spacial score (nSPS) is 16.9. The van der Waals surface area contributed by atoms with Crippen molar-refractivity contribution >= 4 is 10.2 Å². The number of aromatic nitrogens is 1. The van der Waals surface area contributed by atoms with Crippen molar-refractivity contribution in [3.8, 4) is 0 Å². The minimum absolute atomic E-state index is 0.319. The van der Waals surface area contributed by atoms with Gasteiger partial charge in [0, 0.05) is 26.3 Å². The molecule has 0 atom stereocenters. The van der Waals surface area contributed by atoms with Gasteiger partial charge in [-0.05, 0) is 12.1 Å². The number of pyridine rings is 1. The van der Waals surface area contributed by atoms with Crippen molar-refractivity contribution in [2.24, 2.45) is 0 Å². The summed E-state index contributed by atoms with van der Waals surface area (Å²) < 4.78 is 26.2. The molecule has 0 radical (unpaired) electrons. The van der Waals surface area contributed by atoms with Gasteiger partial charge >= 0.3 is 0 Å². The van der Waals surface area contributed by atoms with Crippen molar-refractivity contribution in [1.82, 2.24) is 13.6 Å². The predicted molar refractivity (Wildman–Crippen MR) is 56.2 cm³/mol. The highest BCUT2D eigenvalue weighted by Crippen LogP contribution is 2.16. The molecule has 0 saturated carbocycles. The average Bonchev–Trinajstić information content (AvgIpc) is 3.02. The van der Waals surface area contributed by atoms with Crippen LogP contribution in [0.5, 0.6) is 0 Å². The lowest BCUT2D eigenvalue weighted by Gasteiger charge is -2.16. The fourth-order valence-electron chi connectivity index (χ4n) is 1.27. The number of nitrogens with zero attached hydrogens (tertiary/aromatic N) is 3. The molecule has 0 aromatic carbocycles. The maximum atomic E-state index is 11.7. The first-order chi connectivity index (χ1) is 7.10. The summed E-state index contributed by atoms with van der Waals surface area (Å²) in [6.45, 7) is 1.59. The average molecular weight is 227 g/mol. The maximum absolute atomic E-state index is 11.7. The molecule has 1 fully saturated rings. The van der Waals surface area contributed by atoms with Gasteiger partial charge in [0.1, 0.15) is 0 Å². The lowest BCUT2D eigenvalue weighted by Crippen LogP contribution is -2.32. The van der Waals surface area contributed by atoms with E-state index < -0.39 is 10.2 Å². The number of hydrogen-bond donors (Lipinski definition) is 0. The molecular formula is C9H13N3O2S. The Morgan fingerprint density at radius 2 is 2.20 bits per heavy atom. The Hall–Kier alpha value is -0.980. The van der Waals surface area contributed by atoms with E-state index in [0.717, 1.165) is 5.69 Å². The fraction of sp³-hybridized carbons (Fsp3) is 0.444. The topological polar surface area (TPSA) is 53.3 Å². The van der Waals surface area contributed by atoms with Crippen molar-refractivity contribution in [2.45, 2.75) is 6.54 Å². The van der Waals surface area contributed by atoms with Crippen LogP contribution < -0.4 is 0 Å². The predicted octanol–water partition coefficient (Wildman–Crippen LogP) is 0.0738. The highest BCUT2D eigenvalue weighted by Gasteiger charge is 2.35. The zero-order valence-corrected chi connectivity index (χ0v) is 9.31. The summed E-state index contributed by atoms with van der Waals surface area (Å²) in [7, 11) is -1.67. The quantitative estimate of drug-likeness (QED) is 0.684. The van der Waals surface area contributed by atoms with Gasteiger partial charge in [-0.15, -0.1) is 0 Å². The number of hydrogen-bond acceptors (Lipinski definition) is 3. The summed E-state index contributed by atoms with van der Waals surface area (Å²) in [5.74, 6) is 0. The van der Waals surface area contributed by atoms with Crippen molar-refractivity contribution in [2.75, 3.05) is 20.1 Å². The van der Waals surface area contributed by atoms with Crippen LogP contribution in [0, 0.1) is 0 Å². The Balaban J connectivity index is 2.07. The van der Waals surface area contributed by atoms with E-state index in [4.69, 9.17) is 0 Å². The molecule has 15 heavy (non-hydrogen) atoms. The van der Waals surface area contributed by atoms with Crippen molar-refractivity contribution in [3.63, 3.8) is 0 Å². The SMILES string of the molecule is CN(Cc1ccccn1)S(=O)(=O)N1CC1. The molecule has 0 aliphatic carbocycles. The monoisotopic (exact) mass is 227 g/mol. The Morgan fingerprint density at radius 1 is 1.47 bits per heavy atom. The minimum atomic E-state index is -3.24. The molecule has 0 unspecified atom stereocenters. The van der Waals surface area contributed by atoms with E-state index in [0.29, 0.717) is 19.6 Å². The smallest absolute Gasteiger partial charge is 0.260 e. The molecular weight excluding hydrogens is 214 g/mol. The van der Waals surface area contributed by atoms with Crippen LogP contribution >= 0.6 is 0 Å². The van der Waals surface area contributed by atoms with Gasteiger partial charge in [-0.2, -0.15) is 17.0 Å². The third-order valence-corrected chi connectivity index (χ3v) is 4.17. The van der Waals surface area contributed by atoms with E-state index >= 15 is 0 Å². The molecule has 0 amide bonds. The van der Waals surface area contributed by atoms with Crippen LogP contribution in [0.25, 0.3) is 0 Å². The first kappa shape index (κ1) is 10.5. The third kappa shape index (κ3) is 2.34. The van der Waals surface area contributed by atoms with Crippen LogP contribution in [-0.2, 0) is 16.8 Å². The molecule has 2 rings (SSSR count). The summed E-state index contributed by atoms with van der Waals surface area (Å²) in [5.41, 5.74) is 0.755. The van der Waals surface area contributed by atoms with Crippen molar-refractivity contribution in [1.29, 1.82) is 0 Å².